The number of hydrogen-bond acceptors (Lipinski definition) is 5. The number of amides is 2. The number of hydrogen-bond donors (Lipinski definition) is 3. The van der Waals surface area contributed by atoms with Crippen LogP contribution in [-0.2, 0) is 16.1 Å². The molecule has 0 saturated heterocycles. The van der Waals surface area contributed by atoms with E-state index < -0.39 is 6.04 Å². The summed E-state index contributed by atoms with van der Waals surface area (Å²) in [6.07, 6.45) is 0. The molecule has 20 heavy (non-hydrogen) atoms. The van der Waals surface area contributed by atoms with Crippen molar-refractivity contribution in [3.05, 3.63) is 41.7 Å². The number of benzene rings is 1. The lowest BCUT2D eigenvalue weighted by molar-refractivity contribution is -0.128. The van der Waals surface area contributed by atoms with Crippen LogP contribution >= 0.6 is 0 Å². The van der Waals surface area contributed by atoms with E-state index >= 15 is 0 Å². The van der Waals surface area contributed by atoms with E-state index in [1.165, 1.54) is 6.92 Å². The number of aromatic amines is 1. The molecule has 8 heteroatoms. The molecule has 2 rings (SSSR count). The van der Waals surface area contributed by atoms with Crippen LogP contribution in [0.4, 0.5) is 0 Å². The average Bonchev–Trinajstić information content (AvgIpc) is 2.97. The van der Waals surface area contributed by atoms with E-state index in [-0.39, 0.29) is 17.6 Å². The summed E-state index contributed by atoms with van der Waals surface area (Å²) < 4.78 is 0. The molecule has 1 atom stereocenters. The molecule has 2 amide bonds. The van der Waals surface area contributed by atoms with Crippen molar-refractivity contribution in [2.45, 2.75) is 19.5 Å². The Morgan fingerprint density at radius 3 is 2.65 bits per heavy atom. The highest BCUT2D eigenvalue weighted by atomic mass is 16.2. The summed E-state index contributed by atoms with van der Waals surface area (Å²) >= 11 is 0. The zero-order valence-electron chi connectivity index (χ0n) is 10.8. The summed E-state index contributed by atoms with van der Waals surface area (Å²) in [7, 11) is 0. The van der Waals surface area contributed by atoms with Crippen molar-refractivity contribution in [1.29, 1.82) is 0 Å². The van der Waals surface area contributed by atoms with Crippen molar-refractivity contribution in [3.63, 3.8) is 0 Å². The zero-order chi connectivity index (χ0) is 14.4. The third-order valence-electron chi connectivity index (χ3n) is 2.55. The molecule has 1 unspecified atom stereocenters. The molecular weight excluding hydrogens is 260 g/mol. The number of nitrogens with zero attached hydrogens (tertiary/aromatic N) is 3. The number of H-pyrrole nitrogens is 1. The normalized spacial score (nSPS) is 11.7. The minimum Gasteiger partial charge on any atom is -0.350 e. The molecule has 0 saturated carbocycles. The standard InChI is InChI=1S/C12H14N6O2/c1-8(19)14-10(11-15-17-18-16-11)12(20)13-7-9-5-3-2-4-6-9/h2-6,10H,7H2,1H3,(H,13,20)(H,14,19)(H,15,16,17,18). The van der Waals surface area contributed by atoms with Crippen molar-refractivity contribution < 1.29 is 9.59 Å². The van der Waals surface area contributed by atoms with Gasteiger partial charge in [-0.25, -0.2) is 5.10 Å². The summed E-state index contributed by atoms with van der Waals surface area (Å²) in [5.74, 6) is -0.547. The first kappa shape index (κ1) is 13.7. The minimum absolute atomic E-state index is 0.186. The van der Waals surface area contributed by atoms with E-state index in [9.17, 15) is 9.59 Å². The fraction of sp³-hybridized carbons (Fsp3) is 0.250. The zero-order valence-corrected chi connectivity index (χ0v) is 10.8. The summed E-state index contributed by atoms with van der Waals surface area (Å²) in [5, 5.41) is 18.1. The van der Waals surface area contributed by atoms with Gasteiger partial charge in [-0.05, 0) is 16.0 Å². The maximum Gasteiger partial charge on any atom is 0.250 e. The van der Waals surface area contributed by atoms with Gasteiger partial charge in [-0.3, -0.25) is 9.59 Å². The first-order valence-electron chi connectivity index (χ1n) is 5.99. The van der Waals surface area contributed by atoms with E-state index in [2.05, 4.69) is 31.3 Å². The number of carbonyl (C=O) groups is 2. The van der Waals surface area contributed by atoms with E-state index in [1.54, 1.807) is 0 Å². The molecule has 0 aliphatic rings. The van der Waals surface area contributed by atoms with Crippen LogP contribution in [0.25, 0.3) is 0 Å². The van der Waals surface area contributed by atoms with E-state index in [4.69, 9.17) is 0 Å². The molecule has 0 spiro atoms. The molecule has 0 aliphatic carbocycles. The Kier molecular flexibility index (Phi) is 4.38. The second-order valence-corrected chi connectivity index (χ2v) is 4.12. The Labute approximate surface area is 115 Å². The molecule has 3 N–H and O–H groups in total. The summed E-state index contributed by atoms with van der Waals surface area (Å²) in [4.78, 5) is 23.3. The molecule has 2 aromatic rings. The van der Waals surface area contributed by atoms with Gasteiger partial charge in [0, 0.05) is 13.5 Å². The molecule has 0 fully saturated rings. The van der Waals surface area contributed by atoms with Gasteiger partial charge >= 0.3 is 0 Å². The summed E-state index contributed by atoms with van der Waals surface area (Å²) in [5.41, 5.74) is 0.957. The van der Waals surface area contributed by atoms with Crippen LogP contribution in [0.5, 0.6) is 0 Å². The monoisotopic (exact) mass is 274 g/mol. The fourth-order valence-electron chi connectivity index (χ4n) is 1.64. The number of carbonyl (C=O) groups excluding carboxylic acids is 2. The van der Waals surface area contributed by atoms with Crippen LogP contribution in [0.2, 0.25) is 0 Å². The Bertz CT molecular complexity index is 569. The highest BCUT2D eigenvalue weighted by molar-refractivity contribution is 5.87. The molecular formula is C12H14N6O2. The predicted molar refractivity (Wildman–Crippen MR) is 69.0 cm³/mol. The molecule has 1 aromatic carbocycles. The lowest BCUT2D eigenvalue weighted by Gasteiger charge is -2.14. The average molecular weight is 274 g/mol. The highest BCUT2D eigenvalue weighted by Gasteiger charge is 2.24. The van der Waals surface area contributed by atoms with Crippen molar-refractivity contribution in [3.8, 4) is 0 Å². The first-order chi connectivity index (χ1) is 9.66. The van der Waals surface area contributed by atoms with Gasteiger partial charge in [0.05, 0.1) is 0 Å². The number of nitrogens with one attached hydrogen (secondary N) is 3. The van der Waals surface area contributed by atoms with Crippen LogP contribution in [0.3, 0.4) is 0 Å². The Hall–Kier alpha value is -2.77. The van der Waals surface area contributed by atoms with Crippen molar-refractivity contribution in [1.82, 2.24) is 31.3 Å². The smallest absolute Gasteiger partial charge is 0.250 e. The van der Waals surface area contributed by atoms with E-state index in [0.29, 0.717) is 6.54 Å². The van der Waals surface area contributed by atoms with Gasteiger partial charge in [0.2, 0.25) is 5.91 Å². The first-order valence-corrected chi connectivity index (χ1v) is 5.99. The predicted octanol–water partition coefficient (Wildman–Crippen LogP) is -0.307. The van der Waals surface area contributed by atoms with Crippen LogP contribution < -0.4 is 10.6 Å². The molecule has 1 aromatic heterocycles. The van der Waals surface area contributed by atoms with Crippen LogP contribution in [-0.4, -0.2) is 32.4 Å². The van der Waals surface area contributed by atoms with Gasteiger partial charge in [-0.15, -0.1) is 5.10 Å². The summed E-state index contributed by atoms with van der Waals surface area (Å²) in [6.45, 7) is 1.68. The van der Waals surface area contributed by atoms with E-state index in [1.807, 2.05) is 30.3 Å². The topological polar surface area (TPSA) is 113 Å². The largest absolute Gasteiger partial charge is 0.350 e. The van der Waals surface area contributed by atoms with Gasteiger partial charge in [-0.1, -0.05) is 30.3 Å². The van der Waals surface area contributed by atoms with Crippen molar-refractivity contribution in [2.75, 3.05) is 0 Å². The molecule has 0 bridgehead atoms. The lowest BCUT2D eigenvalue weighted by atomic mass is 10.2. The van der Waals surface area contributed by atoms with Gasteiger partial charge in [0.25, 0.3) is 5.91 Å². The second-order valence-electron chi connectivity index (χ2n) is 4.12. The minimum atomic E-state index is -0.939. The van der Waals surface area contributed by atoms with Gasteiger partial charge in [0.15, 0.2) is 11.9 Å². The molecule has 0 radical (unpaired) electrons. The highest BCUT2D eigenvalue weighted by Crippen LogP contribution is 2.06. The van der Waals surface area contributed by atoms with Gasteiger partial charge in [-0.2, -0.15) is 0 Å². The Morgan fingerprint density at radius 1 is 1.30 bits per heavy atom. The Morgan fingerprint density at radius 2 is 2.05 bits per heavy atom. The molecule has 104 valence electrons. The summed E-state index contributed by atoms with van der Waals surface area (Å²) in [6, 6.07) is 8.51. The van der Waals surface area contributed by atoms with Crippen LogP contribution in [0, 0.1) is 0 Å². The third kappa shape index (κ3) is 3.61. The maximum absolute atomic E-state index is 12.1. The number of aromatic nitrogens is 4. The quantitative estimate of drug-likeness (QED) is 0.692. The van der Waals surface area contributed by atoms with Gasteiger partial charge in [0.1, 0.15) is 0 Å². The van der Waals surface area contributed by atoms with Crippen LogP contribution in [0.1, 0.15) is 24.4 Å². The maximum atomic E-state index is 12.1. The molecule has 8 nitrogen and oxygen atoms in total. The molecule has 0 aliphatic heterocycles. The SMILES string of the molecule is CC(=O)NC(C(=O)NCc1ccccc1)c1nnn[nH]1. The molecule has 1 heterocycles. The van der Waals surface area contributed by atoms with Crippen molar-refractivity contribution >= 4 is 11.8 Å². The van der Waals surface area contributed by atoms with Crippen molar-refractivity contribution in [2.24, 2.45) is 0 Å². The van der Waals surface area contributed by atoms with Gasteiger partial charge < -0.3 is 10.6 Å². The third-order valence-corrected chi connectivity index (χ3v) is 2.55. The fourth-order valence-corrected chi connectivity index (χ4v) is 1.64. The van der Waals surface area contributed by atoms with Crippen LogP contribution in [0.15, 0.2) is 30.3 Å². The lowest BCUT2D eigenvalue weighted by Crippen LogP contribution is -2.40. The second kappa shape index (κ2) is 6.41. The Balaban J connectivity index is 2.02. The van der Waals surface area contributed by atoms with E-state index in [0.717, 1.165) is 5.56 Å². The number of rotatable bonds is 5. The number of tetrazole rings is 1.